The number of rotatable bonds is 11. The third-order valence-corrected chi connectivity index (χ3v) is 3.61. The van der Waals surface area contributed by atoms with Crippen molar-refractivity contribution >= 4 is 11.6 Å². The largest absolute Gasteiger partial charge is 0.356 e. The minimum absolute atomic E-state index is 0.0279. The minimum Gasteiger partial charge on any atom is -0.356 e. The van der Waals surface area contributed by atoms with Gasteiger partial charge in [0.1, 0.15) is 0 Å². The maximum absolute atomic E-state index is 11.8. The topological polar surface area (TPSA) is 72.2 Å². The normalized spacial score (nSPS) is 10.4. The van der Waals surface area contributed by atoms with Gasteiger partial charge in [0, 0.05) is 18.7 Å². The van der Waals surface area contributed by atoms with E-state index in [1.165, 1.54) is 44.2 Å². The van der Waals surface area contributed by atoms with E-state index in [4.69, 9.17) is 0 Å². The van der Waals surface area contributed by atoms with Crippen LogP contribution < -0.4 is 5.32 Å². The van der Waals surface area contributed by atoms with Crippen molar-refractivity contribution in [2.45, 2.75) is 58.3 Å². The van der Waals surface area contributed by atoms with Gasteiger partial charge in [-0.3, -0.25) is 14.9 Å². The molecule has 1 amide bonds. The highest BCUT2D eigenvalue weighted by atomic mass is 16.6. The van der Waals surface area contributed by atoms with Gasteiger partial charge < -0.3 is 5.32 Å². The van der Waals surface area contributed by atoms with Crippen LogP contribution in [0.4, 0.5) is 5.69 Å². The molecule has 0 atom stereocenters. The van der Waals surface area contributed by atoms with Crippen molar-refractivity contribution < 1.29 is 9.72 Å². The van der Waals surface area contributed by atoms with Crippen LogP contribution in [0.15, 0.2) is 24.3 Å². The van der Waals surface area contributed by atoms with Gasteiger partial charge in [0.2, 0.25) is 5.91 Å². The van der Waals surface area contributed by atoms with Crippen LogP contribution in [0.25, 0.3) is 0 Å². The molecular formula is C17H26N2O3. The Balaban J connectivity index is 2.12. The van der Waals surface area contributed by atoms with Crippen molar-refractivity contribution in [2.24, 2.45) is 0 Å². The van der Waals surface area contributed by atoms with E-state index in [-0.39, 0.29) is 18.0 Å². The van der Waals surface area contributed by atoms with E-state index in [0.717, 1.165) is 18.4 Å². The molecule has 122 valence electrons. The Kier molecular flexibility index (Phi) is 8.88. The van der Waals surface area contributed by atoms with Crippen LogP contribution in [-0.4, -0.2) is 17.4 Å². The van der Waals surface area contributed by atoms with E-state index in [2.05, 4.69) is 12.2 Å². The summed E-state index contributed by atoms with van der Waals surface area (Å²) in [6.45, 7) is 2.92. The lowest BCUT2D eigenvalue weighted by Crippen LogP contribution is -2.26. The Labute approximate surface area is 132 Å². The fourth-order valence-electron chi connectivity index (χ4n) is 2.29. The van der Waals surface area contributed by atoms with Crippen LogP contribution in [0.5, 0.6) is 0 Å². The van der Waals surface area contributed by atoms with Crippen LogP contribution in [0.1, 0.15) is 57.4 Å². The Morgan fingerprint density at radius 1 is 1.05 bits per heavy atom. The lowest BCUT2D eigenvalue weighted by molar-refractivity contribution is -0.384. The van der Waals surface area contributed by atoms with Gasteiger partial charge in [-0.05, 0) is 12.0 Å². The zero-order valence-electron chi connectivity index (χ0n) is 13.3. The fraction of sp³-hybridized carbons (Fsp3) is 0.588. The molecule has 1 N–H and O–H groups in total. The first-order chi connectivity index (χ1) is 10.6. The van der Waals surface area contributed by atoms with Crippen molar-refractivity contribution in [1.29, 1.82) is 0 Å². The minimum atomic E-state index is -0.440. The summed E-state index contributed by atoms with van der Waals surface area (Å²) < 4.78 is 0. The van der Waals surface area contributed by atoms with E-state index >= 15 is 0 Å². The highest BCUT2D eigenvalue weighted by Gasteiger charge is 2.06. The first-order valence-corrected chi connectivity index (χ1v) is 8.13. The Hall–Kier alpha value is -1.91. The monoisotopic (exact) mass is 306 g/mol. The van der Waals surface area contributed by atoms with Gasteiger partial charge in [0.15, 0.2) is 0 Å². The summed E-state index contributed by atoms with van der Waals surface area (Å²) in [7, 11) is 0. The van der Waals surface area contributed by atoms with Gasteiger partial charge in [0.25, 0.3) is 5.69 Å². The predicted octanol–water partition coefficient (Wildman–Crippen LogP) is 4.00. The van der Waals surface area contributed by atoms with E-state index < -0.39 is 4.92 Å². The standard InChI is InChI=1S/C17H26N2O3/c1-2-3-4-5-6-7-8-13-18-17(20)14-15-9-11-16(12-10-15)19(21)22/h9-12H,2-8,13-14H2,1H3,(H,18,20). The van der Waals surface area contributed by atoms with Gasteiger partial charge in [-0.15, -0.1) is 0 Å². The smallest absolute Gasteiger partial charge is 0.269 e. The number of benzene rings is 1. The molecular weight excluding hydrogens is 280 g/mol. The quantitative estimate of drug-likeness (QED) is 0.381. The van der Waals surface area contributed by atoms with Crippen molar-refractivity contribution in [3.63, 3.8) is 0 Å². The van der Waals surface area contributed by atoms with E-state index in [9.17, 15) is 14.9 Å². The molecule has 1 aromatic carbocycles. The van der Waals surface area contributed by atoms with Crippen LogP contribution >= 0.6 is 0 Å². The van der Waals surface area contributed by atoms with E-state index in [1.54, 1.807) is 12.1 Å². The summed E-state index contributed by atoms with van der Waals surface area (Å²) in [6, 6.07) is 6.12. The summed E-state index contributed by atoms with van der Waals surface area (Å²) >= 11 is 0. The number of nitro groups is 1. The number of nitro benzene ring substituents is 1. The highest BCUT2D eigenvalue weighted by molar-refractivity contribution is 5.78. The second-order valence-corrected chi connectivity index (χ2v) is 5.57. The summed E-state index contributed by atoms with van der Waals surface area (Å²) in [6.07, 6.45) is 8.84. The molecule has 22 heavy (non-hydrogen) atoms. The Morgan fingerprint density at radius 2 is 1.64 bits per heavy atom. The number of nitrogens with zero attached hydrogens (tertiary/aromatic N) is 1. The third-order valence-electron chi connectivity index (χ3n) is 3.61. The first-order valence-electron chi connectivity index (χ1n) is 8.13. The molecule has 0 radical (unpaired) electrons. The molecule has 0 fully saturated rings. The predicted molar refractivity (Wildman–Crippen MR) is 87.8 cm³/mol. The van der Waals surface area contributed by atoms with Gasteiger partial charge in [-0.25, -0.2) is 0 Å². The lowest BCUT2D eigenvalue weighted by atomic mass is 10.1. The second kappa shape index (κ2) is 10.8. The molecule has 0 aliphatic rings. The molecule has 0 unspecified atom stereocenters. The molecule has 0 spiro atoms. The summed E-state index contributed by atoms with van der Waals surface area (Å²) in [5.41, 5.74) is 0.842. The summed E-state index contributed by atoms with van der Waals surface area (Å²) in [5, 5.41) is 13.4. The molecule has 0 saturated carbocycles. The van der Waals surface area contributed by atoms with E-state index in [1.807, 2.05) is 0 Å². The van der Waals surface area contributed by atoms with Crippen molar-refractivity contribution in [1.82, 2.24) is 5.32 Å². The highest BCUT2D eigenvalue weighted by Crippen LogP contribution is 2.12. The number of carbonyl (C=O) groups excluding carboxylic acids is 1. The average molecular weight is 306 g/mol. The van der Waals surface area contributed by atoms with Gasteiger partial charge in [-0.1, -0.05) is 57.6 Å². The van der Waals surface area contributed by atoms with Crippen LogP contribution in [0.3, 0.4) is 0 Å². The third kappa shape index (κ3) is 7.76. The molecule has 1 aromatic rings. The van der Waals surface area contributed by atoms with Gasteiger partial charge in [0.05, 0.1) is 11.3 Å². The number of amides is 1. The summed E-state index contributed by atoms with van der Waals surface area (Å²) in [5.74, 6) is -0.0279. The van der Waals surface area contributed by atoms with Crippen molar-refractivity contribution in [3.05, 3.63) is 39.9 Å². The number of hydrogen-bond donors (Lipinski definition) is 1. The Bertz CT molecular complexity index is 457. The maximum atomic E-state index is 11.8. The molecule has 1 rings (SSSR count). The van der Waals surface area contributed by atoms with Gasteiger partial charge >= 0.3 is 0 Å². The van der Waals surface area contributed by atoms with Crippen LogP contribution in [-0.2, 0) is 11.2 Å². The maximum Gasteiger partial charge on any atom is 0.269 e. The lowest BCUT2D eigenvalue weighted by Gasteiger charge is -2.05. The number of carbonyl (C=O) groups is 1. The molecule has 0 aliphatic carbocycles. The average Bonchev–Trinajstić information content (AvgIpc) is 2.50. The number of hydrogen-bond acceptors (Lipinski definition) is 3. The molecule has 5 nitrogen and oxygen atoms in total. The van der Waals surface area contributed by atoms with Gasteiger partial charge in [-0.2, -0.15) is 0 Å². The van der Waals surface area contributed by atoms with Crippen molar-refractivity contribution in [3.8, 4) is 0 Å². The van der Waals surface area contributed by atoms with Crippen molar-refractivity contribution in [2.75, 3.05) is 6.54 Å². The zero-order valence-corrected chi connectivity index (χ0v) is 13.3. The fourth-order valence-corrected chi connectivity index (χ4v) is 2.29. The SMILES string of the molecule is CCCCCCCCCNC(=O)Cc1ccc([N+](=O)[O-])cc1. The number of nitrogens with one attached hydrogen (secondary N) is 1. The molecule has 0 bridgehead atoms. The first kappa shape index (κ1) is 18.1. The molecule has 0 saturated heterocycles. The van der Waals surface area contributed by atoms with Crippen LogP contribution in [0, 0.1) is 10.1 Å². The zero-order chi connectivity index (χ0) is 16.2. The molecule has 0 aliphatic heterocycles. The molecule has 5 heteroatoms. The van der Waals surface area contributed by atoms with Crippen LogP contribution in [0.2, 0.25) is 0 Å². The molecule has 0 heterocycles. The summed E-state index contributed by atoms with van der Waals surface area (Å²) in [4.78, 5) is 21.9. The molecule has 0 aromatic heterocycles. The number of unbranched alkanes of at least 4 members (excludes halogenated alkanes) is 6. The second-order valence-electron chi connectivity index (χ2n) is 5.57. The Morgan fingerprint density at radius 3 is 2.23 bits per heavy atom. The van der Waals surface area contributed by atoms with E-state index in [0.29, 0.717) is 6.54 Å². The number of non-ortho nitro benzene ring substituents is 1.